The Balaban J connectivity index is 1.24. The molecule has 36 heavy (non-hydrogen) atoms. The van der Waals surface area contributed by atoms with Crippen molar-refractivity contribution in [2.75, 3.05) is 6.54 Å². The Labute approximate surface area is 209 Å². The Morgan fingerprint density at radius 2 is 1.78 bits per heavy atom. The Morgan fingerprint density at radius 1 is 1.03 bits per heavy atom. The Bertz CT molecular complexity index is 1420. The van der Waals surface area contributed by atoms with Gasteiger partial charge in [-0.25, -0.2) is 4.98 Å². The van der Waals surface area contributed by atoms with Crippen molar-refractivity contribution in [3.63, 3.8) is 0 Å². The summed E-state index contributed by atoms with van der Waals surface area (Å²) in [4.78, 5) is 32.1. The third-order valence-corrected chi connectivity index (χ3v) is 6.46. The van der Waals surface area contributed by atoms with Crippen LogP contribution in [0.3, 0.4) is 0 Å². The zero-order chi connectivity index (χ0) is 24.9. The number of amides is 2. The maximum atomic E-state index is 13.4. The number of nitrogens with zero attached hydrogens (tertiary/aromatic N) is 4. The Hall–Kier alpha value is -4.54. The van der Waals surface area contributed by atoms with Crippen molar-refractivity contribution in [1.29, 1.82) is 5.26 Å². The first-order chi connectivity index (χ1) is 17.6. The first kappa shape index (κ1) is 23.2. The van der Waals surface area contributed by atoms with E-state index in [1.807, 2.05) is 65.2 Å². The highest BCUT2D eigenvalue weighted by Crippen LogP contribution is 2.26. The number of aromatic nitrogens is 2. The molecular weight excluding hydrogens is 450 g/mol. The summed E-state index contributed by atoms with van der Waals surface area (Å²) in [6, 6.07) is 26.3. The highest BCUT2D eigenvalue weighted by Gasteiger charge is 2.36. The minimum Gasteiger partial charge on any atom is -0.329 e. The van der Waals surface area contributed by atoms with Gasteiger partial charge in [0.25, 0.3) is 5.91 Å². The molecule has 0 aliphatic carbocycles. The summed E-state index contributed by atoms with van der Waals surface area (Å²) >= 11 is 0. The van der Waals surface area contributed by atoms with Crippen LogP contribution in [-0.4, -0.2) is 38.9 Å². The van der Waals surface area contributed by atoms with Crippen molar-refractivity contribution in [2.24, 2.45) is 0 Å². The van der Waals surface area contributed by atoms with Crippen LogP contribution in [0.2, 0.25) is 0 Å². The molecule has 7 nitrogen and oxygen atoms in total. The number of rotatable bonds is 7. The number of carbonyl (C=O) groups excluding carboxylic acids is 2. The van der Waals surface area contributed by atoms with Crippen LogP contribution in [-0.2, 0) is 17.9 Å². The van der Waals surface area contributed by atoms with E-state index < -0.39 is 6.04 Å². The molecule has 1 atom stereocenters. The Morgan fingerprint density at radius 3 is 2.56 bits per heavy atom. The van der Waals surface area contributed by atoms with Crippen LogP contribution in [0.15, 0.2) is 91.4 Å². The van der Waals surface area contributed by atoms with E-state index >= 15 is 0 Å². The monoisotopic (exact) mass is 475 g/mol. The van der Waals surface area contributed by atoms with Crippen molar-refractivity contribution in [3.05, 3.63) is 114 Å². The van der Waals surface area contributed by atoms with Gasteiger partial charge in [-0.1, -0.05) is 60.7 Å². The van der Waals surface area contributed by atoms with Gasteiger partial charge in [0, 0.05) is 31.4 Å². The average Bonchev–Trinajstić information content (AvgIpc) is 3.53. The molecule has 1 aliphatic heterocycles. The minimum atomic E-state index is -0.434. The summed E-state index contributed by atoms with van der Waals surface area (Å²) in [6.45, 7) is 1.44. The second-order valence-electron chi connectivity index (χ2n) is 8.75. The summed E-state index contributed by atoms with van der Waals surface area (Å²) in [5.41, 5.74) is 4.90. The summed E-state index contributed by atoms with van der Waals surface area (Å²) in [7, 11) is 0. The molecule has 1 aromatic heterocycles. The molecule has 0 saturated carbocycles. The fourth-order valence-electron chi connectivity index (χ4n) is 4.50. The lowest BCUT2D eigenvalue weighted by Crippen LogP contribution is -2.41. The molecular formula is C29H25N5O2. The van der Waals surface area contributed by atoms with E-state index in [0.29, 0.717) is 37.2 Å². The molecule has 2 heterocycles. The van der Waals surface area contributed by atoms with Crippen molar-refractivity contribution in [3.8, 4) is 17.2 Å². The van der Waals surface area contributed by atoms with Crippen LogP contribution in [0.25, 0.3) is 11.1 Å². The number of carbonyl (C=O) groups is 2. The van der Waals surface area contributed by atoms with E-state index in [2.05, 4.69) is 16.4 Å². The zero-order valence-electron chi connectivity index (χ0n) is 19.7. The lowest BCUT2D eigenvalue weighted by Gasteiger charge is -2.18. The largest absolute Gasteiger partial charge is 0.329 e. The number of nitrogens with one attached hydrogen (secondary N) is 1. The van der Waals surface area contributed by atoms with Crippen molar-refractivity contribution < 1.29 is 9.59 Å². The zero-order valence-corrected chi connectivity index (χ0v) is 19.7. The van der Waals surface area contributed by atoms with Crippen LogP contribution in [0.5, 0.6) is 0 Å². The van der Waals surface area contributed by atoms with Gasteiger partial charge in [0.15, 0.2) is 0 Å². The van der Waals surface area contributed by atoms with Crippen molar-refractivity contribution in [1.82, 2.24) is 19.8 Å². The van der Waals surface area contributed by atoms with Crippen LogP contribution < -0.4 is 5.32 Å². The lowest BCUT2D eigenvalue weighted by atomic mass is 9.99. The normalized spacial score (nSPS) is 15.1. The van der Waals surface area contributed by atoms with Gasteiger partial charge in [-0.3, -0.25) is 14.5 Å². The molecule has 1 saturated heterocycles. The molecule has 4 aromatic rings. The maximum Gasteiger partial charge on any atom is 0.261 e. The van der Waals surface area contributed by atoms with Gasteiger partial charge < -0.3 is 9.88 Å². The van der Waals surface area contributed by atoms with E-state index in [1.165, 1.54) is 4.90 Å². The van der Waals surface area contributed by atoms with Gasteiger partial charge in [0.05, 0.1) is 29.7 Å². The maximum absolute atomic E-state index is 13.4. The summed E-state index contributed by atoms with van der Waals surface area (Å²) < 4.78 is 2.01. The van der Waals surface area contributed by atoms with E-state index in [4.69, 9.17) is 5.26 Å². The molecule has 1 N–H and O–H groups in total. The van der Waals surface area contributed by atoms with Crippen LogP contribution in [0.1, 0.15) is 33.6 Å². The fourth-order valence-corrected chi connectivity index (χ4v) is 4.50. The molecule has 0 unspecified atom stereocenters. The molecule has 1 aliphatic rings. The highest BCUT2D eigenvalue weighted by molar-refractivity contribution is 6.10. The van der Waals surface area contributed by atoms with Gasteiger partial charge in [0.1, 0.15) is 0 Å². The van der Waals surface area contributed by atoms with E-state index in [1.54, 1.807) is 30.7 Å². The standard InChI is InChI=1S/C29H25N5O2/c30-16-21-10-12-22(13-11-21)19-33-20-31-17-24(33)18-32-27-14-15-34(29(27)36)28(35)26-9-5-4-8-25(26)23-6-2-1-3-7-23/h1-13,17,20,27,32H,14-15,18-19H2/t27-/m0/s1. The molecule has 178 valence electrons. The third kappa shape index (κ3) is 4.81. The van der Waals surface area contributed by atoms with Gasteiger partial charge in [-0.05, 0) is 41.3 Å². The third-order valence-electron chi connectivity index (χ3n) is 6.46. The fraction of sp³-hybridized carbons (Fsp3) is 0.172. The van der Waals surface area contributed by atoms with E-state index in [-0.39, 0.29) is 11.8 Å². The second kappa shape index (κ2) is 10.4. The van der Waals surface area contributed by atoms with Gasteiger partial charge in [0.2, 0.25) is 5.91 Å². The number of benzene rings is 3. The van der Waals surface area contributed by atoms with Crippen molar-refractivity contribution >= 4 is 11.8 Å². The molecule has 0 radical (unpaired) electrons. The number of likely N-dealkylation sites (tertiary alicyclic amines) is 1. The topological polar surface area (TPSA) is 91.0 Å². The van der Waals surface area contributed by atoms with E-state index in [9.17, 15) is 9.59 Å². The number of nitriles is 1. The van der Waals surface area contributed by atoms with Gasteiger partial charge >= 0.3 is 0 Å². The highest BCUT2D eigenvalue weighted by atomic mass is 16.2. The number of hydrogen-bond donors (Lipinski definition) is 1. The van der Waals surface area contributed by atoms with E-state index in [0.717, 1.165) is 22.4 Å². The molecule has 2 amide bonds. The van der Waals surface area contributed by atoms with Crippen LogP contribution in [0, 0.1) is 11.3 Å². The van der Waals surface area contributed by atoms with Crippen LogP contribution >= 0.6 is 0 Å². The Kier molecular flexibility index (Phi) is 6.69. The van der Waals surface area contributed by atoms with Gasteiger partial charge in [-0.15, -0.1) is 0 Å². The first-order valence-electron chi connectivity index (χ1n) is 11.9. The quantitative estimate of drug-likeness (QED) is 0.408. The molecule has 7 heteroatoms. The molecule has 0 spiro atoms. The van der Waals surface area contributed by atoms with Crippen LogP contribution in [0.4, 0.5) is 0 Å². The molecule has 3 aromatic carbocycles. The summed E-state index contributed by atoms with van der Waals surface area (Å²) in [5, 5.41) is 12.3. The summed E-state index contributed by atoms with van der Waals surface area (Å²) in [6.07, 6.45) is 4.08. The smallest absolute Gasteiger partial charge is 0.261 e. The molecule has 1 fully saturated rings. The lowest BCUT2D eigenvalue weighted by molar-refractivity contribution is -0.127. The van der Waals surface area contributed by atoms with Crippen molar-refractivity contribution in [2.45, 2.75) is 25.6 Å². The molecule has 0 bridgehead atoms. The number of imide groups is 1. The molecule has 5 rings (SSSR count). The minimum absolute atomic E-state index is 0.207. The second-order valence-corrected chi connectivity index (χ2v) is 8.75. The van der Waals surface area contributed by atoms with Gasteiger partial charge in [-0.2, -0.15) is 5.26 Å². The SMILES string of the molecule is N#Cc1ccc(Cn2cncc2CN[C@H]2CCN(C(=O)c3ccccc3-c3ccccc3)C2=O)cc1. The number of hydrogen-bond acceptors (Lipinski definition) is 5. The first-order valence-corrected chi connectivity index (χ1v) is 11.9. The average molecular weight is 476 g/mol. The predicted octanol–water partition coefficient (Wildman–Crippen LogP) is 4.00. The number of imidazole rings is 1. The summed E-state index contributed by atoms with van der Waals surface area (Å²) in [5.74, 6) is -0.476. The predicted molar refractivity (Wildman–Crippen MR) is 136 cm³/mol.